The Balaban J connectivity index is 2.46. The second kappa shape index (κ2) is 5.25. The molecule has 0 bridgehead atoms. The molecule has 0 spiro atoms. The molecule has 1 fully saturated rings. The van der Waals surface area contributed by atoms with Gasteiger partial charge in [-0.05, 0) is 44.4 Å². The topological polar surface area (TPSA) is 40.5 Å². The van der Waals surface area contributed by atoms with Crippen molar-refractivity contribution in [2.45, 2.75) is 32.2 Å². The summed E-state index contributed by atoms with van der Waals surface area (Å²) in [4.78, 5) is 13.0. The number of nitrogens with zero attached hydrogens (tertiary/aromatic N) is 1. The van der Waals surface area contributed by atoms with Crippen LogP contribution in [0.25, 0.3) is 6.08 Å². The number of carbonyl (C=O) groups is 1. The van der Waals surface area contributed by atoms with Crippen LogP contribution in [0.5, 0.6) is 0 Å². The van der Waals surface area contributed by atoms with Gasteiger partial charge in [0.05, 0.1) is 10.7 Å². The highest BCUT2D eigenvalue weighted by Gasteiger charge is 2.33. The van der Waals surface area contributed by atoms with Gasteiger partial charge in [-0.25, -0.2) is 4.79 Å². The van der Waals surface area contributed by atoms with Gasteiger partial charge in [-0.15, -0.1) is 0 Å². The lowest BCUT2D eigenvalue weighted by Gasteiger charge is -2.35. The Hall–Kier alpha value is -1.48. The molecule has 0 aliphatic carbocycles. The molecule has 1 aromatic rings. The average molecular weight is 280 g/mol. The SMILES string of the molecule is CC1(C)CCCN1c1c(Cl)cccc1/C=C/C(=O)O. The van der Waals surface area contributed by atoms with Crippen molar-refractivity contribution < 1.29 is 9.90 Å². The molecule has 1 heterocycles. The summed E-state index contributed by atoms with van der Waals surface area (Å²) in [6.45, 7) is 5.33. The monoisotopic (exact) mass is 279 g/mol. The maximum Gasteiger partial charge on any atom is 0.328 e. The predicted octanol–water partition coefficient (Wildman–Crippen LogP) is 3.82. The van der Waals surface area contributed by atoms with Crippen LogP contribution in [-0.2, 0) is 4.79 Å². The molecular formula is C15H18ClNO2. The summed E-state index contributed by atoms with van der Waals surface area (Å²) < 4.78 is 0. The molecule has 1 aliphatic rings. The van der Waals surface area contributed by atoms with E-state index in [1.807, 2.05) is 18.2 Å². The highest BCUT2D eigenvalue weighted by Crippen LogP contribution is 2.40. The zero-order valence-corrected chi connectivity index (χ0v) is 11.9. The van der Waals surface area contributed by atoms with Crippen molar-refractivity contribution in [3.63, 3.8) is 0 Å². The second-order valence-corrected chi connectivity index (χ2v) is 5.82. The maximum atomic E-state index is 10.7. The Bertz CT molecular complexity index is 523. The largest absolute Gasteiger partial charge is 0.478 e. The van der Waals surface area contributed by atoms with Gasteiger partial charge in [0.25, 0.3) is 0 Å². The molecule has 4 heteroatoms. The van der Waals surface area contributed by atoms with E-state index >= 15 is 0 Å². The van der Waals surface area contributed by atoms with Crippen molar-refractivity contribution in [1.29, 1.82) is 0 Å². The van der Waals surface area contributed by atoms with Gasteiger partial charge in [-0.3, -0.25) is 0 Å². The highest BCUT2D eigenvalue weighted by molar-refractivity contribution is 6.33. The number of carboxylic acid groups (broad SMARTS) is 1. The van der Waals surface area contributed by atoms with Gasteiger partial charge >= 0.3 is 5.97 Å². The minimum absolute atomic E-state index is 0.0524. The molecule has 0 amide bonds. The Kier molecular flexibility index (Phi) is 3.85. The molecular weight excluding hydrogens is 262 g/mol. The van der Waals surface area contributed by atoms with E-state index in [4.69, 9.17) is 16.7 Å². The van der Waals surface area contributed by atoms with Crippen LogP contribution in [0.4, 0.5) is 5.69 Å². The first kappa shape index (κ1) is 13.9. The van der Waals surface area contributed by atoms with Gasteiger partial charge in [0.1, 0.15) is 0 Å². The first-order valence-electron chi connectivity index (χ1n) is 6.39. The van der Waals surface area contributed by atoms with Crippen LogP contribution in [0, 0.1) is 0 Å². The first-order valence-corrected chi connectivity index (χ1v) is 6.77. The molecule has 0 saturated carbocycles. The van der Waals surface area contributed by atoms with Crippen LogP contribution < -0.4 is 4.90 Å². The third kappa shape index (κ3) is 2.92. The van der Waals surface area contributed by atoms with Crippen molar-refractivity contribution in [1.82, 2.24) is 0 Å². The highest BCUT2D eigenvalue weighted by atomic mass is 35.5. The van der Waals surface area contributed by atoms with Crippen molar-refractivity contribution in [2.24, 2.45) is 0 Å². The normalized spacial score (nSPS) is 18.2. The lowest BCUT2D eigenvalue weighted by molar-refractivity contribution is -0.131. The number of benzene rings is 1. The van der Waals surface area contributed by atoms with Gasteiger partial charge in [0, 0.05) is 18.2 Å². The number of rotatable bonds is 3. The Morgan fingerprint density at radius 2 is 2.21 bits per heavy atom. The van der Waals surface area contributed by atoms with E-state index in [0.717, 1.165) is 36.7 Å². The molecule has 0 aromatic heterocycles. The molecule has 19 heavy (non-hydrogen) atoms. The molecule has 3 nitrogen and oxygen atoms in total. The Morgan fingerprint density at radius 1 is 1.47 bits per heavy atom. The molecule has 0 atom stereocenters. The smallest absolute Gasteiger partial charge is 0.328 e. The molecule has 2 rings (SSSR count). The van der Waals surface area contributed by atoms with Gasteiger partial charge < -0.3 is 10.0 Å². The van der Waals surface area contributed by atoms with E-state index in [1.165, 1.54) is 0 Å². The van der Waals surface area contributed by atoms with Crippen LogP contribution in [0.3, 0.4) is 0 Å². The number of para-hydroxylation sites is 1. The lowest BCUT2D eigenvalue weighted by atomic mass is 10.0. The number of halogens is 1. The number of aliphatic carboxylic acids is 1. The van der Waals surface area contributed by atoms with Crippen LogP contribution >= 0.6 is 11.6 Å². The standard InChI is InChI=1S/C15H18ClNO2/c1-15(2)9-4-10-17(15)14-11(7-8-13(18)19)5-3-6-12(14)16/h3,5-8H,4,9-10H2,1-2H3,(H,18,19)/b8-7+. The zero-order chi connectivity index (χ0) is 14.0. The molecule has 0 radical (unpaired) electrons. The summed E-state index contributed by atoms with van der Waals surface area (Å²) in [7, 11) is 0. The van der Waals surface area contributed by atoms with Gasteiger partial charge in [-0.1, -0.05) is 23.7 Å². The van der Waals surface area contributed by atoms with E-state index in [9.17, 15) is 4.79 Å². The van der Waals surface area contributed by atoms with Gasteiger partial charge in [0.15, 0.2) is 0 Å². The summed E-state index contributed by atoms with van der Waals surface area (Å²) in [5.74, 6) is -0.952. The van der Waals surface area contributed by atoms with Crippen LogP contribution in [-0.4, -0.2) is 23.2 Å². The molecule has 1 aromatic carbocycles. The summed E-state index contributed by atoms with van der Waals surface area (Å²) in [5.41, 5.74) is 1.84. The number of hydrogen-bond donors (Lipinski definition) is 1. The fourth-order valence-electron chi connectivity index (χ4n) is 2.63. The third-order valence-corrected chi connectivity index (χ3v) is 3.90. The van der Waals surface area contributed by atoms with Gasteiger partial charge in [-0.2, -0.15) is 0 Å². The zero-order valence-electron chi connectivity index (χ0n) is 11.2. The van der Waals surface area contributed by atoms with E-state index in [-0.39, 0.29) is 5.54 Å². The van der Waals surface area contributed by atoms with Crippen molar-refractivity contribution in [3.05, 3.63) is 34.9 Å². The fraction of sp³-hybridized carbons (Fsp3) is 0.400. The van der Waals surface area contributed by atoms with E-state index in [0.29, 0.717) is 5.02 Å². The average Bonchev–Trinajstić information content (AvgIpc) is 2.66. The maximum absolute atomic E-state index is 10.7. The second-order valence-electron chi connectivity index (χ2n) is 5.42. The van der Waals surface area contributed by atoms with Crippen LogP contribution in [0.2, 0.25) is 5.02 Å². The van der Waals surface area contributed by atoms with Crippen LogP contribution in [0.15, 0.2) is 24.3 Å². The van der Waals surface area contributed by atoms with Gasteiger partial charge in [0.2, 0.25) is 0 Å². The first-order chi connectivity index (χ1) is 8.92. The van der Waals surface area contributed by atoms with E-state index in [1.54, 1.807) is 6.08 Å². The minimum atomic E-state index is -0.952. The summed E-state index contributed by atoms with van der Waals surface area (Å²) in [6, 6.07) is 5.59. The summed E-state index contributed by atoms with van der Waals surface area (Å²) in [6.07, 6.45) is 5.00. The molecule has 0 unspecified atom stereocenters. The van der Waals surface area contributed by atoms with Crippen molar-refractivity contribution in [2.75, 3.05) is 11.4 Å². The number of hydrogen-bond acceptors (Lipinski definition) is 2. The Morgan fingerprint density at radius 3 is 2.79 bits per heavy atom. The van der Waals surface area contributed by atoms with E-state index in [2.05, 4.69) is 18.7 Å². The lowest BCUT2D eigenvalue weighted by Crippen LogP contribution is -2.38. The quantitative estimate of drug-likeness (QED) is 0.855. The molecule has 102 valence electrons. The minimum Gasteiger partial charge on any atom is -0.478 e. The number of carboxylic acids is 1. The molecule has 1 aliphatic heterocycles. The fourth-order valence-corrected chi connectivity index (χ4v) is 2.92. The van der Waals surface area contributed by atoms with Crippen molar-refractivity contribution in [3.8, 4) is 0 Å². The van der Waals surface area contributed by atoms with E-state index < -0.39 is 5.97 Å². The molecule has 1 N–H and O–H groups in total. The van der Waals surface area contributed by atoms with Crippen molar-refractivity contribution >= 4 is 29.3 Å². The predicted molar refractivity (Wildman–Crippen MR) is 78.8 cm³/mol. The Labute approximate surface area is 118 Å². The summed E-state index contributed by atoms with van der Waals surface area (Å²) >= 11 is 6.33. The third-order valence-electron chi connectivity index (χ3n) is 3.59. The summed E-state index contributed by atoms with van der Waals surface area (Å²) in [5, 5.41) is 9.44. The number of anilines is 1. The molecule has 1 saturated heterocycles. The van der Waals surface area contributed by atoms with Crippen LogP contribution in [0.1, 0.15) is 32.3 Å².